The first-order valence-corrected chi connectivity index (χ1v) is 8.49. The molecule has 0 aromatic heterocycles. The van der Waals surface area contributed by atoms with Gasteiger partial charge in [0.05, 0.1) is 6.61 Å². The van der Waals surface area contributed by atoms with Crippen LogP contribution in [0.5, 0.6) is 5.75 Å². The number of halogens is 2. The molecule has 0 heterocycles. The zero-order valence-electron chi connectivity index (χ0n) is 14.1. The Labute approximate surface area is 152 Å². The molecule has 2 rings (SSSR count). The highest BCUT2D eigenvalue weighted by molar-refractivity contribution is 6.30. The lowest BCUT2D eigenvalue weighted by Gasteiger charge is -2.15. The average Bonchev–Trinajstić information content (AvgIpc) is 2.62. The lowest BCUT2D eigenvalue weighted by Crippen LogP contribution is -2.26. The number of nitrogens with zero attached hydrogens (tertiary/aromatic N) is 1. The highest BCUT2D eigenvalue weighted by Crippen LogP contribution is 2.15. The zero-order valence-corrected chi connectivity index (χ0v) is 14.9. The maximum absolute atomic E-state index is 12.8. The topological polar surface area (TPSA) is 29.5 Å². The van der Waals surface area contributed by atoms with Crippen LogP contribution in [0.25, 0.3) is 6.08 Å². The molecule has 0 saturated heterocycles. The molecule has 2 aromatic rings. The van der Waals surface area contributed by atoms with E-state index in [2.05, 4.69) is 0 Å². The summed E-state index contributed by atoms with van der Waals surface area (Å²) in [4.78, 5) is 13.7. The summed E-state index contributed by atoms with van der Waals surface area (Å²) in [6, 6.07) is 13.2. The van der Waals surface area contributed by atoms with Crippen molar-refractivity contribution >= 4 is 23.6 Å². The molecule has 0 aliphatic rings. The maximum atomic E-state index is 12.8. The molecule has 0 radical (unpaired) electrons. The van der Waals surface area contributed by atoms with Gasteiger partial charge in [-0.2, -0.15) is 0 Å². The summed E-state index contributed by atoms with van der Waals surface area (Å²) < 4.78 is 18.4. The van der Waals surface area contributed by atoms with Gasteiger partial charge < -0.3 is 9.64 Å². The second kappa shape index (κ2) is 9.84. The maximum Gasteiger partial charge on any atom is 0.246 e. The molecule has 5 heteroatoms. The molecule has 0 N–H and O–H groups in total. The van der Waals surface area contributed by atoms with E-state index in [0.717, 1.165) is 24.2 Å². The smallest absolute Gasteiger partial charge is 0.246 e. The van der Waals surface area contributed by atoms with Crippen LogP contribution in [-0.4, -0.2) is 31.0 Å². The van der Waals surface area contributed by atoms with Crippen molar-refractivity contribution in [2.75, 3.05) is 20.2 Å². The molecule has 1 amide bonds. The summed E-state index contributed by atoms with van der Waals surface area (Å²) in [7, 11) is 1.76. The summed E-state index contributed by atoms with van der Waals surface area (Å²) in [6.07, 6.45) is 4.88. The molecule has 0 aliphatic carbocycles. The predicted octanol–water partition coefficient (Wildman–Crippen LogP) is 4.81. The Bertz CT molecular complexity index is 699. The molecule has 25 heavy (non-hydrogen) atoms. The lowest BCUT2D eigenvalue weighted by molar-refractivity contribution is -0.124. The van der Waals surface area contributed by atoms with Crippen molar-refractivity contribution in [1.29, 1.82) is 0 Å². The van der Waals surface area contributed by atoms with Crippen molar-refractivity contribution in [3.05, 3.63) is 71.0 Å². The number of amides is 1. The zero-order chi connectivity index (χ0) is 18.1. The minimum absolute atomic E-state index is 0.0806. The van der Waals surface area contributed by atoms with Crippen molar-refractivity contribution in [3.63, 3.8) is 0 Å². The van der Waals surface area contributed by atoms with E-state index in [1.54, 1.807) is 42.3 Å². The van der Waals surface area contributed by atoms with Crippen LogP contribution in [-0.2, 0) is 4.79 Å². The van der Waals surface area contributed by atoms with Gasteiger partial charge in [-0.1, -0.05) is 23.7 Å². The number of carbonyl (C=O) groups is 1. The Morgan fingerprint density at radius 1 is 1.12 bits per heavy atom. The number of hydrogen-bond donors (Lipinski definition) is 0. The molecule has 0 spiro atoms. The van der Waals surface area contributed by atoms with E-state index in [0.29, 0.717) is 18.2 Å². The summed E-state index contributed by atoms with van der Waals surface area (Å²) in [6.45, 7) is 1.24. The number of benzene rings is 2. The minimum Gasteiger partial charge on any atom is -0.494 e. The van der Waals surface area contributed by atoms with Crippen LogP contribution in [0.4, 0.5) is 4.39 Å². The second-order valence-electron chi connectivity index (χ2n) is 5.65. The standard InChI is InChI=1S/C20H21ClFNO2/c1-23(20(24)13-6-16-4-9-18(22)10-5-16)14-2-3-15-25-19-11-7-17(21)8-12-19/h4-13H,2-3,14-15H2,1H3/b13-6+. The van der Waals surface area contributed by atoms with Gasteiger partial charge in [0.1, 0.15) is 11.6 Å². The third-order valence-corrected chi connectivity index (χ3v) is 3.89. The third kappa shape index (κ3) is 6.98. The number of ether oxygens (including phenoxy) is 1. The predicted molar refractivity (Wildman–Crippen MR) is 99.3 cm³/mol. The number of unbranched alkanes of at least 4 members (excludes halogenated alkanes) is 1. The Morgan fingerprint density at radius 3 is 2.48 bits per heavy atom. The summed E-state index contributed by atoms with van der Waals surface area (Å²) in [5.74, 6) is 0.417. The summed E-state index contributed by atoms with van der Waals surface area (Å²) in [5, 5.41) is 0.682. The molecule has 0 fully saturated rings. The fraction of sp³-hybridized carbons (Fsp3) is 0.250. The highest BCUT2D eigenvalue weighted by atomic mass is 35.5. The molecular formula is C20H21ClFNO2. The molecule has 132 valence electrons. The molecule has 0 saturated carbocycles. The second-order valence-corrected chi connectivity index (χ2v) is 6.09. The molecule has 0 atom stereocenters. The SMILES string of the molecule is CN(CCCCOc1ccc(Cl)cc1)C(=O)/C=C/c1ccc(F)cc1. The first-order chi connectivity index (χ1) is 12.0. The minimum atomic E-state index is -0.290. The van der Waals surface area contributed by atoms with E-state index in [9.17, 15) is 9.18 Å². The molecule has 3 nitrogen and oxygen atoms in total. The van der Waals surface area contributed by atoms with Gasteiger partial charge in [0, 0.05) is 24.7 Å². The Morgan fingerprint density at radius 2 is 1.80 bits per heavy atom. The number of hydrogen-bond acceptors (Lipinski definition) is 2. The number of carbonyl (C=O) groups excluding carboxylic acids is 1. The van der Waals surface area contributed by atoms with Gasteiger partial charge in [0.15, 0.2) is 0 Å². The van der Waals surface area contributed by atoms with Gasteiger partial charge in [0.2, 0.25) is 5.91 Å². The molecule has 0 aliphatic heterocycles. The summed E-state index contributed by atoms with van der Waals surface area (Å²) >= 11 is 5.82. The third-order valence-electron chi connectivity index (χ3n) is 3.63. The fourth-order valence-electron chi connectivity index (χ4n) is 2.15. The number of rotatable bonds is 8. The van der Waals surface area contributed by atoms with Crippen LogP contribution in [0.2, 0.25) is 5.02 Å². The van der Waals surface area contributed by atoms with Gasteiger partial charge in [-0.05, 0) is 60.9 Å². The average molecular weight is 362 g/mol. The van der Waals surface area contributed by atoms with Crippen LogP contribution in [0.3, 0.4) is 0 Å². The van der Waals surface area contributed by atoms with Crippen LogP contribution < -0.4 is 4.74 Å². The van der Waals surface area contributed by atoms with Crippen molar-refractivity contribution in [1.82, 2.24) is 4.90 Å². The van der Waals surface area contributed by atoms with Crippen molar-refractivity contribution in [3.8, 4) is 5.75 Å². The van der Waals surface area contributed by atoms with E-state index in [1.807, 2.05) is 12.1 Å². The van der Waals surface area contributed by atoms with Crippen molar-refractivity contribution in [2.45, 2.75) is 12.8 Å². The van der Waals surface area contributed by atoms with Crippen molar-refractivity contribution in [2.24, 2.45) is 0 Å². The monoisotopic (exact) mass is 361 g/mol. The van der Waals surface area contributed by atoms with E-state index < -0.39 is 0 Å². The Kier molecular flexibility index (Phi) is 7.48. The largest absolute Gasteiger partial charge is 0.494 e. The normalized spacial score (nSPS) is 10.8. The van der Waals surface area contributed by atoms with Crippen molar-refractivity contribution < 1.29 is 13.9 Å². The molecule has 2 aromatic carbocycles. The lowest BCUT2D eigenvalue weighted by atomic mass is 10.2. The van der Waals surface area contributed by atoms with Crippen LogP contribution in [0.15, 0.2) is 54.6 Å². The van der Waals surface area contributed by atoms with Crippen LogP contribution >= 0.6 is 11.6 Å². The van der Waals surface area contributed by atoms with E-state index >= 15 is 0 Å². The van der Waals surface area contributed by atoms with Crippen LogP contribution in [0.1, 0.15) is 18.4 Å². The molecule has 0 unspecified atom stereocenters. The molecular weight excluding hydrogens is 341 g/mol. The van der Waals surface area contributed by atoms with E-state index in [4.69, 9.17) is 16.3 Å². The summed E-state index contributed by atoms with van der Waals surface area (Å²) in [5.41, 5.74) is 0.791. The quantitative estimate of drug-likeness (QED) is 0.499. The molecule has 0 bridgehead atoms. The van der Waals surface area contributed by atoms with Crippen LogP contribution in [0, 0.1) is 5.82 Å². The first kappa shape index (κ1) is 19.0. The fourth-order valence-corrected chi connectivity index (χ4v) is 2.28. The van der Waals surface area contributed by atoms with Gasteiger partial charge in [-0.3, -0.25) is 4.79 Å². The van der Waals surface area contributed by atoms with Gasteiger partial charge in [0.25, 0.3) is 0 Å². The highest BCUT2D eigenvalue weighted by Gasteiger charge is 2.04. The van der Waals surface area contributed by atoms with Gasteiger partial charge >= 0.3 is 0 Å². The van der Waals surface area contributed by atoms with Gasteiger partial charge in [-0.15, -0.1) is 0 Å². The van der Waals surface area contributed by atoms with Gasteiger partial charge in [-0.25, -0.2) is 4.39 Å². The van der Waals surface area contributed by atoms with E-state index in [1.165, 1.54) is 18.2 Å². The first-order valence-electron chi connectivity index (χ1n) is 8.12. The Balaban J connectivity index is 1.65. The van der Waals surface area contributed by atoms with E-state index in [-0.39, 0.29) is 11.7 Å². The number of likely N-dealkylation sites (N-methyl/N-ethyl adjacent to an activating group) is 1. The Hall–Kier alpha value is -2.33.